The van der Waals surface area contributed by atoms with Crippen molar-refractivity contribution in [2.75, 3.05) is 19.8 Å². The van der Waals surface area contributed by atoms with E-state index < -0.39 is 21.6 Å². The van der Waals surface area contributed by atoms with Gasteiger partial charge < -0.3 is 14.2 Å². The second-order valence-corrected chi connectivity index (χ2v) is 9.33. The lowest BCUT2D eigenvalue weighted by atomic mass is 10.2. The van der Waals surface area contributed by atoms with Crippen LogP contribution in [0.1, 0.15) is 18.7 Å². The van der Waals surface area contributed by atoms with Crippen molar-refractivity contribution < 1.29 is 27.4 Å². The zero-order valence-electron chi connectivity index (χ0n) is 18.6. The molecule has 0 spiro atoms. The van der Waals surface area contributed by atoms with Crippen LogP contribution in [0.5, 0.6) is 11.5 Å². The lowest BCUT2D eigenvalue weighted by Crippen LogP contribution is -2.28. The van der Waals surface area contributed by atoms with Crippen LogP contribution >= 0.6 is 0 Å². The highest BCUT2D eigenvalue weighted by Gasteiger charge is 2.19. The van der Waals surface area contributed by atoms with Crippen LogP contribution in [0.15, 0.2) is 52.2 Å². The summed E-state index contributed by atoms with van der Waals surface area (Å²) < 4.78 is 44.9. The third kappa shape index (κ3) is 5.59. The first-order valence-electron chi connectivity index (χ1n) is 10.8. The first-order chi connectivity index (χ1) is 16.9. The van der Waals surface area contributed by atoms with E-state index in [0.717, 1.165) is 4.57 Å². The van der Waals surface area contributed by atoms with Crippen molar-refractivity contribution in [2.45, 2.75) is 30.9 Å². The van der Waals surface area contributed by atoms with Gasteiger partial charge in [0.2, 0.25) is 10.0 Å². The summed E-state index contributed by atoms with van der Waals surface area (Å²) in [6.07, 6.45) is 0.443. The van der Waals surface area contributed by atoms with Crippen LogP contribution in [-0.2, 0) is 32.7 Å². The average molecular weight is 499 g/mol. The molecule has 1 aliphatic heterocycles. The Bertz CT molecular complexity index is 1460. The van der Waals surface area contributed by atoms with Crippen LogP contribution in [0.4, 0.5) is 0 Å². The van der Waals surface area contributed by atoms with Crippen molar-refractivity contribution in [3.05, 3.63) is 58.6 Å². The van der Waals surface area contributed by atoms with E-state index in [4.69, 9.17) is 19.5 Å². The van der Waals surface area contributed by atoms with E-state index in [1.807, 2.05) is 6.07 Å². The highest BCUT2D eigenvalue weighted by molar-refractivity contribution is 7.89. The van der Waals surface area contributed by atoms with Gasteiger partial charge in [0.25, 0.3) is 5.56 Å². The van der Waals surface area contributed by atoms with Crippen molar-refractivity contribution in [1.29, 1.82) is 5.26 Å². The van der Waals surface area contributed by atoms with Crippen LogP contribution in [0.3, 0.4) is 0 Å². The van der Waals surface area contributed by atoms with E-state index in [2.05, 4.69) is 9.71 Å². The number of fused-ring (bicyclic) bond motifs is 2. The number of carbonyl (C=O) groups excluding carboxylic acids is 1. The summed E-state index contributed by atoms with van der Waals surface area (Å²) in [4.78, 5) is 29.2. The largest absolute Gasteiger partial charge is 0.490 e. The summed E-state index contributed by atoms with van der Waals surface area (Å²) in [7, 11) is -3.90. The fourth-order valence-electron chi connectivity index (χ4n) is 3.46. The molecule has 2 heterocycles. The van der Waals surface area contributed by atoms with Crippen LogP contribution in [-0.4, -0.2) is 43.7 Å². The molecule has 0 unspecified atom stereocenters. The lowest BCUT2D eigenvalue weighted by Gasteiger charge is -2.12. The minimum atomic E-state index is -3.90. The minimum absolute atomic E-state index is 0.0176. The number of rotatable bonds is 8. The second-order valence-electron chi connectivity index (χ2n) is 7.56. The normalized spacial score (nSPS) is 13.1. The molecule has 0 saturated heterocycles. The Morgan fingerprint density at radius 2 is 1.94 bits per heavy atom. The predicted molar refractivity (Wildman–Crippen MR) is 123 cm³/mol. The number of sulfonamides is 1. The number of nitrogens with zero attached hydrogens (tertiary/aromatic N) is 3. The summed E-state index contributed by atoms with van der Waals surface area (Å²) >= 11 is 0. The van der Waals surface area contributed by atoms with Crippen molar-refractivity contribution in [3.63, 3.8) is 0 Å². The Morgan fingerprint density at radius 3 is 2.74 bits per heavy atom. The quantitative estimate of drug-likeness (QED) is 0.456. The number of para-hydroxylation sites is 1. The maximum Gasteiger partial charge on any atom is 0.307 e. The van der Waals surface area contributed by atoms with Crippen molar-refractivity contribution in [3.8, 4) is 17.6 Å². The molecule has 12 heteroatoms. The minimum Gasteiger partial charge on any atom is -0.490 e. The molecule has 0 radical (unpaired) electrons. The van der Waals surface area contributed by atoms with E-state index in [-0.39, 0.29) is 36.8 Å². The maximum absolute atomic E-state index is 12.6. The van der Waals surface area contributed by atoms with Gasteiger partial charge in [-0.2, -0.15) is 5.26 Å². The summed E-state index contributed by atoms with van der Waals surface area (Å²) in [6, 6.07) is 12.9. The van der Waals surface area contributed by atoms with Gasteiger partial charge >= 0.3 is 5.97 Å². The van der Waals surface area contributed by atoms with Gasteiger partial charge in [0.1, 0.15) is 13.2 Å². The number of benzene rings is 2. The van der Waals surface area contributed by atoms with Crippen molar-refractivity contribution in [2.24, 2.45) is 0 Å². The van der Waals surface area contributed by atoms with E-state index in [1.165, 1.54) is 18.2 Å². The smallest absolute Gasteiger partial charge is 0.307 e. The molecule has 1 aromatic heterocycles. The van der Waals surface area contributed by atoms with Crippen LogP contribution < -0.4 is 19.8 Å². The first kappa shape index (κ1) is 24.2. The topological polar surface area (TPSA) is 150 Å². The molecule has 2 aromatic carbocycles. The predicted octanol–water partition coefficient (Wildman–Crippen LogP) is 1.49. The van der Waals surface area contributed by atoms with Gasteiger partial charge in [-0.1, -0.05) is 12.1 Å². The third-order valence-corrected chi connectivity index (χ3v) is 6.64. The summed E-state index contributed by atoms with van der Waals surface area (Å²) in [5, 5.41) is 9.41. The number of esters is 1. The molecule has 11 nitrogen and oxygen atoms in total. The molecule has 0 bridgehead atoms. The van der Waals surface area contributed by atoms with Crippen molar-refractivity contribution >= 4 is 26.9 Å². The zero-order valence-corrected chi connectivity index (χ0v) is 19.4. The average Bonchev–Trinajstić information content (AvgIpc) is 3.10. The third-order valence-electron chi connectivity index (χ3n) is 5.18. The van der Waals surface area contributed by atoms with E-state index in [9.17, 15) is 18.0 Å². The maximum atomic E-state index is 12.6. The van der Waals surface area contributed by atoms with Gasteiger partial charge in [0.15, 0.2) is 17.3 Å². The molecule has 0 saturated carbocycles. The second kappa shape index (κ2) is 10.5. The summed E-state index contributed by atoms with van der Waals surface area (Å²) in [5.41, 5.74) is 0.00622. The summed E-state index contributed by atoms with van der Waals surface area (Å²) in [5.74, 6) is 0.243. The number of nitriles is 1. The Morgan fingerprint density at radius 1 is 1.17 bits per heavy atom. The van der Waals surface area contributed by atoms with Crippen molar-refractivity contribution in [1.82, 2.24) is 14.3 Å². The summed E-state index contributed by atoms with van der Waals surface area (Å²) in [6.45, 7) is 0.116. The van der Waals surface area contributed by atoms with Gasteiger partial charge in [-0.25, -0.2) is 18.1 Å². The van der Waals surface area contributed by atoms with Gasteiger partial charge in [-0.05, 0) is 24.3 Å². The first-order valence-corrected chi connectivity index (χ1v) is 12.3. The van der Waals surface area contributed by atoms with E-state index >= 15 is 0 Å². The SMILES string of the molecule is N#CCn1c(COC(=O)CCNS(=O)(=O)c2ccc3c(c2)OCCCO3)nc2ccccc2c1=O. The Balaban J connectivity index is 1.37. The van der Waals surface area contributed by atoms with E-state index in [0.29, 0.717) is 42.0 Å². The number of carbonyl (C=O) groups is 1. The standard InChI is InChI=1S/C23H22N4O7S/c24-9-11-27-21(26-18-5-2-1-4-17(18)23(27)29)15-34-22(28)8-10-25-35(30,31)16-6-7-19-20(14-16)33-13-3-12-32-19/h1-2,4-7,14,25H,3,8,10-13,15H2. The van der Waals surface area contributed by atoms with Crippen LogP contribution in [0.25, 0.3) is 10.9 Å². The Kier molecular flexibility index (Phi) is 7.28. The van der Waals surface area contributed by atoms with Crippen LogP contribution in [0, 0.1) is 11.3 Å². The van der Waals surface area contributed by atoms with Crippen LogP contribution in [0.2, 0.25) is 0 Å². The number of aromatic nitrogens is 2. The molecule has 35 heavy (non-hydrogen) atoms. The molecule has 4 rings (SSSR count). The molecule has 1 aliphatic rings. The van der Waals surface area contributed by atoms with Gasteiger partial charge in [-0.15, -0.1) is 0 Å². The molecule has 182 valence electrons. The molecular weight excluding hydrogens is 476 g/mol. The molecule has 1 N–H and O–H groups in total. The Hall–Kier alpha value is -3.95. The number of ether oxygens (including phenoxy) is 3. The highest BCUT2D eigenvalue weighted by Crippen LogP contribution is 2.31. The Labute approximate surface area is 200 Å². The molecule has 3 aromatic rings. The fourth-order valence-corrected chi connectivity index (χ4v) is 4.50. The fraction of sp³-hybridized carbons (Fsp3) is 0.304. The number of hydrogen-bond acceptors (Lipinski definition) is 9. The van der Waals surface area contributed by atoms with Gasteiger partial charge in [0.05, 0.1) is 41.5 Å². The molecule has 0 amide bonds. The number of hydrogen-bond donors (Lipinski definition) is 1. The van der Waals surface area contributed by atoms with E-state index in [1.54, 1.807) is 24.3 Å². The highest BCUT2D eigenvalue weighted by atomic mass is 32.2. The monoisotopic (exact) mass is 498 g/mol. The van der Waals surface area contributed by atoms with Gasteiger partial charge in [0, 0.05) is 19.0 Å². The zero-order chi connectivity index (χ0) is 24.8. The molecule has 0 aliphatic carbocycles. The molecular formula is C23H22N4O7S. The van der Waals surface area contributed by atoms with Gasteiger partial charge in [-0.3, -0.25) is 14.2 Å². The molecule has 0 fully saturated rings. The number of nitrogens with one attached hydrogen (secondary N) is 1. The lowest BCUT2D eigenvalue weighted by molar-refractivity contribution is -0.145. The molecule has 0 atom stereocenters.